The maximum absolute atomic E-state index is 9.16. The number of nitrogens with one attached hydrogen (secondary N) is 1. The van der Waals surface area contributed by atoms with E-state index in [-0.39, 0.29) is 6.10 Å². The number of benzene rings is 1. The lowest BCUT2D eigenvalue weighted by atomic mass is 9.77. The minimum atomic E-state index is 0.236. The lowest BCUT2D eigenvalue weighted by Crippen LogP contribution is -2.42. The first-order chi connectivity index (χ1) is 16.0. The first kappa shape index (κ1) is 22.2. The number of piperidine rings is 2. The van der Waals surface area contributed by atoms with Gasteiger partial charge in [0, 0.05) is 37.4 Å². The molecule has 1 aromatic heterocycles. The third kappa shape index (κ3) is 4.73. The Kier molecular flexibility index (Phi) is 6.31. The van der Waals surface area contributed by atoms with Gasteiger partial charge in [-0.05, 0) is 81.8 Å². The molecule has 174 valence electrons. The second-order valence-corrected chi connectivity index (χ2v) is 10.1. The van der Waals surface area contributed by atoms with Gasteiger partial charge >= 0.3 is 0 Å². The molecule has 3 saturated heterocycles. The molecule has 7 nitrogen and oxygen atoms in total. The van der Waals surface area contributed by atoms with Gasteiger partial charge in [0.2, 0.25) is 5.88 Å². The minimum absolute atomic E-state index is 0.236. The van der Waals surface area contributed by atoms with E-state index in [1.54, 1.807) is 0 Å². The molecule has 4 heterocycles. The molecule has 33 heavy (non-hydrogen) atoms. The maximum atomic E-state index is 9.16. The topological polar surface area (TPSA) is 77.3 Å². The van der Waals surface area contributed by atoms with Gasteiger partial charge in [-0.25, -0.2) is 0 Å². The van der Waals surface area contributed by atoms with Crippen LogP contribution in [-0.4, -0.2) is 55.1 Å². The van der Waals surface area contributed by atoms with Crippen molar-refractivity contribution in [3.63, 3.8) is 0 Å². The fourth-order valence-electron chi connectivity index (χ4n) is 5.64. The zero-order valence-electron chi connectivity index (χ0n) is 19.1. The summed E-state index contributed by atoms with van der Waals surface area (Å²) < 4.78 is 6.00. The van der Waals surface area contributed by atoms with E-state index in [1.807, 2.05) is 30.3 Å². The first-order valence-corrected chi connectivity index (χ1v) is 12.4. The molecule has 1 N–H and O–H groups in total. The average Bonchev–Trinajstić information content (AvgIpc) is 3.16. The third-order valence-electron chi connectivity index (χ3n) is 7.52. The van der Waals surface area contributed by atoms with Crippen molar-refractivity contribution in [1.29, 1.82) is 5.26 Å². The molecule has 0 saturated carbocycles. The van der Waals surface area contributed by atoms with Crippen LogP contribution in [0.25, 0.3) is 0 Å². The van der Waals surface area contributed by atoms with Gasteiger partial charge in [0.25, 0.3) is 0 Å². The fraction of sp³-hybridized carbons (Fsp3) is 0.560. The highest BCUT2D eigenvalue weighted by Crippen LogP contribution is 2.45. The van der Waals surface area contributed by atoms with Crippen molar-refractivity contribution in [1.82, 2.24) is 15.5 Å². The van der Waals surface area contributed by atoms with Crippen LogP contribution in [-0.2, 0) is 0 Å². The molecule has 3 fully saturated rings. The summed E-state index contributed by atoms with van der Waals surface area (Å²) in [7, 11) is 0. The van der Waals surface area contributed by atoms with E-state index in [0.29, 0.717) is 27.9 Å². The Morgan fingerprint density at radius 3 is 2.61 bits per heavy atom. The van der Waals surface area contributed by atoms with Gasteiger partial charge in [0.15, 0.2) is 5.82 Å². The third-order valence-corrected chi connectivity index (χ3v) is 7.83. The highest BCUT2D eigenvalue weighted by Gasteiger charge is 2.44. The van der Waals surface area contributed by atoms with Gasteiger partial charge in [0.1, 0.15) is 12.2 Å². The van der Waals surface area contributed by atoms with Crippen molar-refractivity contribution in [3.8, 4) is 11.9 Å². The zero-order valence-corrected chi connectivity index (χ0v) is 19.9. The summed E-state index contributed by atoms with van der Waals surface area (Å²) in [6, 6.07) is 12.4. The number of nitriles is 1. The fourth-order valence-corrected chi connectivity index (χ4v) is 5.86. The average molecular weight is 467 g/mol. The van der Waals surface area contributed by atoms with E-state index in [0.717, 1.165) is 69.9 Å². The molecule has 1 spiro atoms. The first-order valence-electron chi connectivity index (χ1n) is 12.0. The Morgan fingerprint density at radius 1 is 1.15 bits per heavy atom. The van der Waals surface area contributed by atoms with Crippen LogP contribution in [0.15, 0.2) is 30.3 Å². The summed E-state index contributed by atoms with van der Waals surface area (Å²) in [5.74, 6) is 1.56. The number of aromatic nitrogens is 2. The molecule has 3 aliphatic heterocycles. The van der Waals surface area contributed by atoms with Crippen LogP contribution in [0, 0.1) is 16.7 Å². The van der Waals surface area contributed by atoms with Gasteiger partial charge in [-0.1, -0.05) is 11.6 Å². The van der Waals surface area contributed by atoms with Crippen molar-refractivity contribution in [2.24, 2.45) is 5.41 Å². The highest BCUT2D eigenvalue weighted by molar-refractivity contribution is 6.32. The number of hydrogen-bond donors (Lipinski definition) is 1. The molecule has 8 heteroatoms. The molecule has 3 aliphatic rings. The predicted octanol–water partition coefficient (Wildman–Crippen LogP) is 4.02. The SMILES string of the molecule is CC1CC2(CCN(c3ccc(OC4CCNCC4)nn3)CC2)CN1c1ccc(C#N)c(Cl)c1. The van der Waals surface area contributed by atoms with Crippen LogP contribution >= 0.6 is 11.6 Å². The molecule has 0 aliphatic carbocycles. The lowest BCUT2D eigenvalue weighted by molar-refractivity contribution is 0.154. The van der Waals surface area contributed by atoms with E-state index < -0.39 is 0 Å². The van der Waals surface area contributed by atoms with E-state index in [2.05, 4.69) is 38.3 Å². The van der Waals surface area contributed by atoms with Crippen LogP contribution in [0.1, 0.15) is 44.6 Å². The minimum Gasteiger partial charge on any atom is -0.473 e. The normalized spacial score (nSPS) is 23.0. The molecular formula is C25H31ClN6O. The Labute approximate surface area is 200 Å². The predicted molar refractivity (Wildman–Crippen MR) is 130 cm³/mol. The number of halogens is 1. The Hall–Kier alpha value is -2.56. The second-order valence-electron chi connectivity index (χ2n) is 9.74. The summed E-state index contributed by atoms with van der Waals surface area (Å²) in [5, 5.41) is 21.9. The van der Waals surface area contributed by atoms with Crippen LogP contribution in [0.3, 0.4) is 0 Å². The molecule has 1 unspecified atom stereocenters. The Morgan fingerprint density at radius 2 is 1.94 bits per heavy atom. The number of ether oxygens (including phenoxy) is 1. The zero-order chi connectivity index (χ0) is 22.8. The second kappa shape index (κ2) is 9.36. The summed E-state index contributed by atoms with van der Waals surface area (Å²) in [5.41, 5.74) is 1.95. The smallest absolute Gasteiger partial charge is 0.233 e. The van der Waals surface area contributed by atoms with E-state index in [4.69, 9.17) is 21.6 Å². The quantitative estimate of drug-likeness (QED) is 0.729. The summed E-state index contributed by atoms with van der Waals surface area (Å²) in [6.45, 7) is 7.29. The largest absolute Gasteiger partial charge is 0.473 e. The lowest BCUT2D eigenvalue weighted by Gasteiger charge is -2.39. The van der Waals surface area contributed by atoms with Gasteiger partial charge in [-0.2, -0.15) is 5.26 Å². The van der Waals surface area contributed by atoms with Gasteiger partial charge in [-0.3, -0.25) is 0 Å². The maximum Gasteiger partial charge on any atom is 0.233 e. The van der Waals surface area contributed by atoms with Crippen LogP contribution in [0.4, 0.5) is 11.5 Å². The van der Waals surface area contributed by atoms with Gasteiger partial charge in [0.05, 0.1) is 10.6 Å². The number of hydrogen-bond acceptors (Lipinski definition) is 7. The number of nitrogens with zero attached hydrogens (tertiary/aromatic N) is 5. The Balaban J connectivity index is 1.19. The summed E-state index contributed by atoms with van der Waals surface area (Å²) in [6.07, 6.45) is 5.70. The van der Waals surface area contributed by atoms with Crippen molar-refractivity contribution < 1.29 is 4.74 Å². The van der Waals surface area contributed by atoms with Crippen molar-refractivity contribution in [2.75, 3.05) is 42.5 Å². The summed E-state index contributed by atoms with van der Waals surface area (Å²) in [4.78, 5) is 4.80. The van der Waals surface area contributed by atoms with Crippen LogP contribution < -0.4 is 19.9 Å². The molecule has 2 aromatic rings. The van der Waals surface area contributed by atoms with Gasteiger partial charge < -0.3 is 19.9 Å². The van der Waals surface area contributed by atoms with Crippen molar-refractivity contribution in [3.05, 3.63) is 40.9 Å². The highest BCUT2D eigenvalue weighted by atomic mass is 35.5. The standard InChI is InChI=1S/C25H31ClN6O/c1-18-15-25(17-32(18)20-3-2-19(16-27)22(26)14-20)8-12-31(13-9-25)23-4-5-24(30-29-23)33-21-6-10-28-11-7-21/h2-5,14,18,21,28H,6-13,15,17H2,1H3. The summed E-state index contributed by atoms with van der Waals surface area (Å²) >= 11 is 6.31. The Bertz CT molecular complexity index is 1010. The monoisotopic (exact) mass is 466 g/mol. The molecule has 1 aromatic carbocycles. The molecule has 0 bridgehead atoms. The van der Waals surface area contributed by atoms with Crippen LogP contribution in [0.5, 0.6) is 5.88 Å². The van der Waals surface area contributed by atoms with E-state index in [1.165, 1.54) is 6.42 Å². The van der Waals surface area contributed by atoms with Gasteiger partial charge in [-0.15, -0.1) is 10.2 Å². The number of rotatable bonds is 4. The molecule has 0 radical (unpaired) electrons. The van der Waals surface area contributed by atoms with Crippen LogP contribution in [0.2, 0.25) is 5.02 Å². The molecule has 0 amide bonds. The van der Waals surface area contributed by atoms with E-state index >= 15 is 0 Å². The van der Waals surface area contributed by atoms with E-state index in [9.17, 15) is 0 Å². The van der Waals surface area contributed by atoms with Crippen molar-refractivity contribution in [2.45, 2.75) is 51.2 Å². The van der Waals surface area contributed by atoms with Crippen molar-refractivity contribution >= 4 is 23.1 Å². The molecular weight excluding hydrogens is 436 g/mol. The molecule has 1 atom stereocenters. The number of anilines is 2. The molecule has 5 rings (SSSR count).